The third-order valence-corrected chi connectivity index (χ3v) is 12.2. The number of hydrogen-bond acceptors (Lipinski definition) is 3. The van der Waals surface area contributed by atoms with Crippen molar-refractivity contribution in [3.05, 3.63) is 241 Å². The van der Waals surface area contributed by atoms with E-state index in [1.54, 1.807) is 0 Å². The Bertz CT molecular complexity index is 3150. The Kier molecular flexibility index (Phi) is 7.14. The molecule has 1 spiro atoms. The topological polar surface area (TPSA) is 19.6 Å². The first-order chi connectivity index (χ1) is 28.8. The zero-order valence-corrected chi connectivity index (χ0v) is 31.6. The molecule has 2 aliphatic rings. The van der Waals surface area contributed by atoms with Crippen LogP contribution in [0.4, 0.5) is 34.1 Å². The number of hydrogen-bond donors (Lipinski definition) is 0. The molecule has 1 aromatic heterocycles. The van der Waals surface area contributed by atoms with Gasteiger partial charge in [-0.2, -0.15) is 0 Å². The molecule has 0 aliphatic heterocycles. The van der Waals surface area contributed by atoms with Crippen molar-refractivity contribution in [3.8, 4) is 22.3 Å². The summed E-state index contributed by atoms with van der Waals surface area (Å²) in [6.07, 6.45) is 0. The van der Waals surface area contributed by atoms with Crippen molar-refractivity contribution in [1.82, 2.24) is 0 Å². The van der Waals surface area contributed by atoms with Gasteiger partial charge >= 0.3 is 0 Å². The summed E-state index contributed by atoms with van der Waals surface area (Å²) in [6.45, 7) is 0. The highest BCUT2D eigenvalue weighted by molar-refractivity contribution is 6.11. The maximum Gasteiger partial charge on any atom is 0.159 e. The van der Waals surface area contributed by atoms with Gasteiger partial charge in [-0.25, -0.2) is 0 Å². The highest BCUT2D eigenvalue weighted by Crippen LogP contribution is 2.65. The molecule has 1 heterocycles. The van der Waals surface area contributed by atoms with Gasteiger partial charge in [0.25, 0.3) is 0 Å². The quantitative estimate of drug-likeness (QED) is 0.169. The van der Waals surface area contributed by atoms with Crippen LogP contribution in [0.1, 0.15) is 22.3 Å². The molecule has 2 aliphatic carbocycles. The molecule has 1 atom stereocenters. The molecule has 0 amide bonds. The maximum absolute atomic E-state index is 6.74. The molecule has 58 heavy (non-hydrogen) atoms. The van der Waals surface area contributed by atoms with Crippen LogP contribution < -0.4 is 9.80 Å². The van der Waals surface area contributed by atoms with Crippen LogP contribution in [-0.4, -0.2) is 0 Å². The zero-order valence-electron chi connectivity index (χ0n) is 31.6. The molecule has 1 unspecified atom stereocenters. The largest absolute Gasteiger partial charge is 0.454 e. The minimum Gasteiger partial charge on any atom is -0.454 e. The maximum atomic E-state index is 6.74. The molecule has 272 valence electrons. The minimum atomic E-state index is -0.559. The van der Waals surface area contributed by atoms with Gasteiger partial charge in [0.05, 0.1) is 16.8 Å². The monoisotopic (exact) mass is 740 g/mol. The second-order valence-electron chi connectivity index (χ2n) is 15.2. The first kappa shape index (κ1) is 32.6. The predicted molar refractivity (Wildman–Crippen MR) is 239 cm³/mol. The smallest absolute Gasteiger partial charge is 0.159 e. The second-order valence-corrected chi connectivity index (χ2v) is 15.2. The molecule has 0 radical (unpaired) electrons. The lowest BCUT2D eigenvalue weighted by molar-refractivity contribution is 0.669. The molecule has 3 nitrogen and oxygen atoms in total. The number of nitrogens with zero attached hydrogens (tertiary/aromatic N) is 2. The fraction of sp³-hybridized carbons (Fsp3) is 0.0182. The third kappa shape index (κ3) is 4.56. The summed E-state index contributed by atoms with van der Waals surface area (Å²) < 4.78 is 6.74. The van der Waals surface area contributed by atoms with E-state index in [4.69, 9.17) is 4.42 Å². The lowest BCUT2D eigenvalue weighted by Crippen LogP contribution is -2.26. The van der Waals surface area contributed by atoms with Crippen LogP contribution in [-0.2, 0) is 5.41 Å². The van der Waals surface area contributed by atoms with Gasteiger partial charge in [-0.05, 0) is 106 Å². The SMILES string of the molecule is c1ccc(N(c2ccccc2)c2ccc3c(c2)C2(c4ccccc4-3)c3ccccc3-c3c(N(c4ccccc4)c4cccc5c4oc4ccccc45)cccc32)cc1. The van der Waals surface area contributed by atoms with E-state index in [2.05, 4.69) is 222 Å². The molecule has 0 N–H and O–H groups in total. The zero-order chi connectivity index (χ0) is 38.2. The van der Waals surface area contributed by atoms with E-state index in [1.165, 1.54) is 44.5 Å². The van der Waals surface area contributed by atoms with Crippen molar-refractivity contribution < 1.29 is 4.42 Å². The van der Waals surface area contributed by atoms with Gasteiger partial charge in [0.1, 0.15) is 5.58 Å². The number of furan rings is 1. The normalized spacial score (nSPS) is 14.6. The van der Waals surface area contributed by atoms with Gasteiger partial charge in [-0.1, -0.05) is 152 Å². The summed E-state index contributed by atoms with van der Waals surface area (Å²) in [6, 6.07) is 79.1. The van der Waals surface area contributed by atoms with Crippen molar-refractivity contribution in [3.63, 3.8) is 0 Å². The standard InChI is InChI=1S/C55H36N2O/c1-4-18-37(19-5-1)56(38-20-6-2-7-21-38)40-34-35-42-41-24-10-13-28-46(41)55(49(42)36-40)47-29-14-11-26-45(47)53-48(55)30-17-31-50(53)57(39-22-8-3-9-23-39)51-32-16-27-44-43-25-12-15-33-52(43)58-54(44)51/h1-36H. The molecular formula is C55H36N2O. The van der Waals surface area contributed by atoms with Crippen LogP contribution in [0.25, 0.3) is 44.2 Å². The summed E-state index contributed by atoms with van der Waals surface area (Å²) in [5.74, 6) is 0. The third-order valence-electron chi connectivity index (χ3n) is 12.2. The summed E-state index contributed by atoms with van der Waals surface area (Å²) in [4.78, 5) is 4.78. The predicted octanol–water partition coefficient (Wildman–Crippen LogP) is 14.9. The number of para-hydroxylation sites is 5. The van der Waals surface area contributed by atoms with E-state index in [1.807, 2.05) is 6.07 Å². The fourth-order valence-electron chi connectivity index (χ4n) is 9.98. The highest BCUT2D eigenvalue weighted by atomic mass is 16.3. The molecule has 9 aromatic carbocycles. The van der Waals surface area contributed by atoms with Crippen molar-refractivity contribution in [2.24, 2.45) is 0 Å². The number of rotatable bonds is 6. The van der Waals surface area contributed by atoms with Crippen molar-refractivity contribution in [2.45, 2.75) is 5.41 Å². The van der Waals surface area contributed by atoms with Gasteiger partial charge in [-0.15, -0.1) is 0 Å². The van der Waals surface area contributed by atoms with E-state index < -0.39 is 5.41 Å². The van der Waals surface area contributed by atoms with Crippen LogP contribution in [0.2, 0.25) is 0 Å². The van der Waals surface area contributed by atoms with Gasteiger partial charge < -0.3 is 14.2 Å². The van der Waals surface area contributed by atoms with E-state index in [9.17, 15) is 0 Å². The highest BCUT2D eigenvalue weighted by Gasteiger charge is 2.52. The molecule has 0 saturated carbocycles. The molecule has 0 saturated heterocycles. The summed E-state index contributed by atoms with van der Waals surface area (Å²) in [7, 11) is 0. The van der Waals surface area contributed by atoms with Crippen molar-refractivity contribution in [2.75, 3.05) is 9.80 Å². The summed E-state index contributed by atoms with van der Waals surface area (Å²) in [5, 5.41) is 2.22. The lowest BCUT2D eigenvalue weighted by atomic mass is 9.70. The number of anilines is 6. The second kappa shape index (κ2) is 12.7. The Hall–Kier alpha value is -7.62. The van der Waals surface area contributed by atoms with Crippen LogP contribution in [0.15, 0.2) is 223 Å². The van der Waals surface area contributed by atoms with E-state index in [0.29, 0.717) is 0 Å². The van der Waals surface area contributed by atoms with Crippen LogP contribution >= 0.6 is 0 Å². The van der Waals surface area contributed by atoms with E-state index >= 15 is 0 Å². The fourth-order valence-corrected chi connectivity index (χ4v) is 9.98. The van der Waals surface area contributed by atoms with Gasteiger partial charge in [0, 0.05) is 39.1 Å². The molecule has 0 fully saturated rings. The average Bonchev–Trinajstić information content (AvgIpc) is 3.93. The molecule has 12 rings (SSSR count). The summed E-state index contributed by atoms with van der Waals surface area (Å²) in [5.41, 5.74) is 17.9. The van der Waals surface area contributed by atoms with Gasteiger partial charge in [0.15, 0.2) is 5.58 Å². The Morgan fingerprint density at radius 3 is 1.57 bits per heavy atom. The molecule has 3 heteroatoms. The van der Waals surface area contributed by atoms with Crippen LogP contribution in [0, 0.1) is 0 Å². The number of benzene rings is 9. The first-order valence-corrected chi connectivity index (χ1v) is 19.9. The van der Waals surface area contributed by atoms with Crippen LogP contribution in [0.3, 0.4) is 0 Å². The Labute approximate surface area is 337 Å². The average molecular weight is 741 g/mol. The molecule has 10 aromatic rings. The Morgan fingerprint density at radius 2 is 0.845 bits per heavy atom. The first-order valence-electron chi connectivity index (χ1n) is 19.9. The van der Waals surface area contributed by atoms with Crippen LogP contribution in [0.5, 0.6) is 0 Å². The Balaban J connectivity index is 1.15. The lowest BCUT2D eigenvalue weighted by Gasteiger charge is -2.33. The minimum absolute atomic E-state index is 0.559. The van der Waals surface area contributed by atoms with Gasteiger partial charge in [0.2, 0.25) is 0 Å². The van der Waals surface area contributed by atoms with E-state index in [0.717, 1.165) is 56.1 Å². The summed E-state index contributed by atoms with van der Waals surface area (Å²) >= 11 is 0. The Morgan fingerprint density at radius 1 is 0.328 bits per heavy atom. The van der Waals surface area contributed by atoms with E-state index in [-0.39, 0.29) is 0 Å². The van der Waals surface area contributed by atoms with Crippen molar-refractivity contribution >= 4 is 56.1 Å². The van der Waals surface area contributed by atoms with Crippen molar-refractivity contribution in [1.29, 1.82) is 0 Å². The van der Waals surface area contributed by atoms with Gasteiger partial charge in [-0.3, -0.25) is 0 Å². The molecule has 0 bridgehead atoms. The number of fused-ring (bicyclic) bond motifs is 13. The molecular weight excluding hydrogens is 705 g/mol.